The summed E-state index contributed by atoms with van der Waals surface area (Å²) in [6, 6.07) is 0. The van der Waals surface area contributed by atoms with Crippen LogP contribution in [0.25, 0.3) is 0 Å². The van der Waals surface area contributed by atoms with Crippen molar-refractivity contribution in [3.05, 3.63) is 0 Å². The molecule has 1 N–H and O–H groups in total. The maximum Gasteiger partial charge on any atom is 0.410 e. The van der Waals surface area contributed by atoms with Gasteiger partial charge < -0.3 is 24.4 Å². The van der Waals surface area contributed by atoms with Gasteiger partial charge in [-0.05, 0) is 33.6 Å². The molecule has 2 aliphatic heterocycles. The molecule has 2 amide bonds. The van der Waals surface area contributed by atoms with Crippen molar-refractivity contribution in [2.24, 2.45) is 0 Å². The lowest BCUT2D eigenvalue weighted by molar-refractivity contribution is -0.155. The summed E-state index contributed by atoms with van der Waals surface area (Å²) in [7, 11) is 0. The number of amides is 2. The predicted molar refractivity (Wildman–Crippen MR) is 79.9 cm³/mol. The Morgan fingerprint density at radius 1 is 1.00 bits per heavy atom. The largest absolute Gasteiger partial charge is 0.479 e. The Bertz CT molecular complexity index is 479. The molecule has 0 aliphatic carbocycles. The number of aliphatic carboxylic acids is 1. The molecule has 2 saturated heterocycles. The minimum Gasteiger partial charge on any atom is -0.479 e. The van der Waals surface area contributed by atoms with E-state index in [1.165, 1.54) is 0 Å². The molecular weight excluding hydrogens is 304 g/mol. The molecule has 0 aromatic rings. The van der Waals surface area contributed by atoms with Crippen molar-refractivity contribution in [3.8, 4) is 0 Å². The van der Waals surface area contributed by atoms with Gasteiger partial charge >= 0.3 is 12.1 Å². The lowest BCUT2D eigenvalue weighted by Crippen LogP contribution is -2.53. The van der Waals surface area contributed by atoms with Crippen molar-refractivity contribution in [3.63, 3.8) is 0 Å². The van der Waals surface area contributed by atoms with Crippen molar-refractivity contribution < 1.29 is 29.0 Å². The molecule has 0 saturated carbocycles. The molecule has 8 heteroatoms. The molecule has 2 fully saturated rings. The second-order valence-corrected chi connectivity index (χ2v) is 6.82. The van der Waals surface area contributed by atoms with Crippen molar-refractivity contribution in [1.29, 1.82) is 0 Å². The highest BCUT2D eigenvalue weighted by molar-refractivity contribution is 5.83. The van der Waals surface area contributed by atoms with Gasteiger partial charge in [0.1, 0.15) is 11.7 Å². The van der Waals surface area contributed by atoms with Gasteiger partial charge in [-0.15, -0.1) is 0 Å². The molecule has 2 aliphatic rings. The Morgan fingerprint density at radius 3 is 2.00 bits per heavy atom. The smallest absolute Gasteiger partial charge is 0.410 e. The third-order valence-corrected chi connectivity index (χ3v) is 3.81. The molecule has 2 rings (SSSR count). The van der Waals surface area contributed by atoms with Gasteiger partial charge in [-0.3, -0.25) is 4.79 Å². The third-order valence-electron chi connectivity index (χ3n) is 3.81. The van der Waals surface area contributed by atoms with Crippen LogP contribution >= 0.6 is 0 Å². The van der Waals surface area contributed by atoms with E-state index in [4.69, 9.17) is 14.6 Å². The molecule has 0 radical (unpaired) electrons. The quantitative estimate of drug-likeness (QED) is 0.801. The van der Waals surface area contributed by atoms with Crippen LogP contribution in [-0.4, -0.2) is 76.9 Å². The number of ether oxygens (including phenoxy) is 2. The molecular formula is C15H24N2O6. The second kappa shape index (κ2) is 6.74. The topological polar surface area (TPSA) is 96.4 Å². The van der Waals surface area contributed by atoms with Crippen LogP contribution in [0.3, 0.4) is 0 Å². The van der Waals surface area contributed by atoms with Crippen molar-refractivity contribution in [2.45, 2.75) is 51.4 Å². The van der Waals surface area contributed by atoms with E-state index in [9.17, 15) is 14.4 Å². The van der Waals surface area contributed by atoms with Crippen molar-refractivity contribution in [1.82, 2.24) is 9.80 Å². The molecule has 23 heavy (non-hydrogen) atoms. The fraction of sp³-hybridized carbons (Fsp3) is 0.800. The van der Waals surface area contributed by atoms with E-state index in [-0.39, 0.29) is 12.0 Å². The first-order valence-corrected chi connectivity index (χ1v) is 7.82. The molecule has 8 nitrogen and oxygen atoms in total. The zero-order chi connectivity index (χ0) is 17.2. The molecule has 0 unspecified atom stereocenters. The lowest BCUT2D eigenvalue weighted by Gasteiger charge is -2.36. The van der Waals surface area contributed by atoms with E-state index in [0.29, 0.717) is 39.0 Å². The first kappa shape index (κ1) is 17.5. The van der Waals surface area contributed by atoms with Crippen LogP contribution in [0.15, 0.2) is 0 Å². The molecule has 2 atom stereocenters. The fourth-order valence-corrected chi connectivity index (χ4v) is 2.64. The Labute approximate surface area is 135 Å². The lowest BCUT2D eigenvalue weighted by atomic mass is 10.1. The van der Waals surface area contributed by atoms with E-state index in [2.05, 4.69) is 0 Å². The number of hydrogen-bond donors (Lipinski definition) is 1. The first-order valence-electron chi connectivity index (χ1n) is 7.82. The number of hydrogen-bond acceptors (Lipinski definition) is 5. The SMILES string of the molecule is CC(C)(C)OC(=O)N1CCN(C(=O)[C@@H]2CC[C@H](C(=O)O)O2)CC1. The molecule has 0 aromatic carbocycles. The summed E-state index contributed by atoms with van der Waals surface area (Å²) in [5.74, 6) is -1.23. The second-order valence-electron chi connectivity index (χ2n) is 6.82. The van der Waals surface area contributed by atoms with Crippen LogP contribution in [0.4, 0.5) is 4.79 Å². The Balaban J connectivity index is 1.81. The number of carbonyl (C=O) groups excluding carboxylic acids is 2. The summed E-state index contributed by atoms with van der Waals surface area (Å²) >= 11 is 0. The summed E-state index contributed by atoms with van der Waals surface area (Å²) in [5.41, 5.74) is -0.548. The normalized spacial score (nSPS) is 25.3. The zero-order valence-corrected chi connectivity index (χ0v) is 13.8. The van der Waals surface area contributed by atoms with Crippen LogP contribution in [-0.2, 0) is 19.1 Å². The number of nitrogens with zero attached hydrogens (tertiary/aromatic N) is 2. The van der Waals surface area contributed by atoms with Gasteiger partial charge in [0.15, 0.2) is 6.10 Å². The standard InChI is InChI=1S/C15H24N2O6/c1-15(2,3)23-14(21)17-8-6-16(7-9-17)12(18)10-4-5-11(22-10)13(19)20/h10-11H,4-9H2,1-3H3,(H,19,20)/t10-,11+/m0/s1. The van der Waals surface area contributed by atoms with Gasteiger partial charge in [-0.25, -0.2) is 9.59 Å². The fourth-order valence-electron chi connectivity index (χ4n) is 2.64. The van der Waals surface area contributed by atoms with Gasteiger partial charge in [0.25, 0.3) is 5.91 Å². The number of piperazine rings is 1. The van der Waals surface area contributed by atoms with Crippen LogP contribution in [0.5, 0.6) is 0 Å². The van der Waals surface area contributed by atoms with E-state index < -0.39 is 23.8 Å². The summed E-state index contributed by atoms with van der Waals surface area (Å²) in [6.07, 6.45) is -1.20. The number of carboxylic acid groups (broad SMARTS) is 1. The highest BCUT2D eigenvalue weighted by Gasteiger charge is 2.38. The summed E-state index contributed by atoms with van der Waals surface area (Å²) in [5, 5.41) is 8.90. The molecule has 0 spiro atoms. The Hall–Kier alpha value is -1.83. The van der Waals surface area contributed by atoms with Crippen LogP contribution < -0.4 is 0 Å². The predicted octanol–water partition coefficient (Wildman–Crippen LogP) is 0.698. The number of carboxylic acids is 1. The zero-order valence-electron chi connectivity index (χ0n) is 13.8. The van der Waals surface area contributed by atoms with Gasteiger partial charge in [0, 0.05) is 26.2 Å². The average Bonchev–Trinajstić information content (AvgIpc) is 2.95. The molecule has 2 heterocycles. The average molecular weight is 328 g/mol. The summed E-state index contributed by atoms with van der Waals surface area (Å²) < 4.78 is 10.6. The highest BCUT2D eigenvalue weighted by Crippen LogP contribution is 2.22. The van der Waals surface area contributed by atoms with Gasteiger partial charge in [0.05, 0.1) is 0 Å². The first-order chi connectivity index (χ1) is 10.7. The van der Waals surface area contributed by atoms with E-state index >= 15 is 0 Å². The molecule has 130 valence electrons. The number of rotatable bonds is 2. The van der Waals surface area contributed by atoms with Crippen LogP contribution in [0.1, 0.15) is 33.6 Å². The van der Waals surface area contributed by atoms with Gasteiger partial charge in [-0.1, -0.05) is 0 Å². The van der Waals surface area contributed by atoms with Crippen LogP contribution in [0.2, 0.25) is 0 Å². The molecule has 0 bridgehead atoms. The van der Waals surface area contributed by atoms with Crippen molar-refractivity contribution >= 4 is 18.0 Å². The maximum absolute atomic E-state index is 12.3. The Kier molecular flexibility index (Phi) is 5.13. The van der Waals surface area contributed by atoms with Crippen LogP contribution in [0, 0.1) is 0 Å². The molecule has 0 aromatic heterocycles. The van der Waals surface area contributed by atoms with Gasteiger partial charge in [-0.2, -0.15) is 0 Å². The van der Waals surface area contributed by atoms with E-state index in [1.807, 2.05) is 0 Å². The minimum absolute atomic E-state index is 0.197. The van der Waals surface area contributed by atoms with Gasteiger partial charge in [0.2, 0.25) is 0 Å². The van der Waals surface area contributed by atoms with E-state index in [1.54, 1.807) is 30.6 Å². The van der Waals surface area contributed by atoms with Crippen molar-refractivity contribution in [2.75, 3.05) is 26.2 Å². The monoisotopic (exact) mass is 328 g/mol. The minimum atomic E-state index is -1.03. The van der Waals surface area contributed by atoms with E-state index in [0.717, 1.165) is 0 Å². The Morgan fingerprint density at radius 2 is 1.52 bits per heavy atom. The highest BCUT2D eigenvalue weighted by atomic mass is 16.6. The third kappa shape index (κ3) is 4.57. The summed E-state index contributed by atoms with van der Waals surface area (Å²) in [4.78, 5) is 38.4. The number of carbonyl (C=O) groups is 3. The maximum atomic E-state index is 12.3. The summed E-state index contributed by atoms with van der Waals surface area (Å²) in [6.45, 7) is 7.01.